The molecule has 2 aromatic rings. The van der Waals surface area contributed by atoms with Crippen LogP contribution in [0.5, 0.6) is 0 Å². The Hall–Kier alpha value is -2.98. The number of alkyl halides is 3. The Bertz CT molecular complexity index is 962. The van der Waals surface area contributed by atoms with Gasteiger partial charge in [0.25, 0.3) is 0 Å². The highest BCUT2D eigenvalue weighted by Gasteiger charge is 2.50. The first-order valence-electron chi connectivity index (χ1n) is 7.77. The Balaban J connectivity index is 2.13. The van der Waals surface area contributed by atoms with Crippen LogP contribution in [0.25, 0.3) is 6.08 Å². The quantitative estimate of drug-likeness (QED) is 0.827. The maximum atomic E-state index is 13.8. The number of halogens is 4. The molecule has 0 saturated carbocycles. The van der Waals surface area contributed by atoms with E-state index >= 15 is 0 Å². The Labute approximate surface area is 157 Å². The molecule has 1 atom stereocenters. The molecular formula is C19H12ClF3N2O2. The largest absolute Gasteiger partial charge is 0.478 e. The van der Waals surface area contributed by atoms with E-state index in [-0.39, 0.29) is 12.2 Å². The van der Waals surface area contributed by atoms with Gasteiger partial charge in [0.2, 0.25) is 0 Å². The van der Waals surface area contributed by atoms with Gasteiger partial charge in [-0.1, -0.05) is 23.7 Å². The molecule has 1 aliphatic rings. The van der Waals surface area contributed by atoms with Crippen molar-refractivity contribution in [3.05, 3.63) is 69.8 Å². The molecule has 27 heavy (non-hydrogen) atoms. The molecule has 0 aliphatic carbocycles. The second-order valence-corrected chi connectivity index (χ2v) is 6.43. The second-order valence-electron chi connectivity index (χ2n) is 5.99. The molecule has 0 aromatic heterocycles. The van der Waals surface area contributed by atoms with E-state index in [9.17, 15) is 23.1 Å². The van der Waals surface area contributed by atoms with Crippen molar-refractivity contribution in [3.8, 4) is 6.07 Å². The summed E-state index contributed by atoms with van der Waals surface area (Å²) in [6.45, 7) is -0.185. The summed E-state index contributed by atoms with van der Waals surface area (Å²) in [6.07, 6.45) is -3.79. The smallest absolute Gasteiger partial charge is 0.413 e. The minimum Gasteiger partial charge on any atom is -0.478 e. The van der Waals surface area contributed by atoms with Gasteiger partial charge >= 0.3 is 12.1 Å². The maximum absolute atomic E-state index is 13.8. The first-order valence-corrected chi connectivity index (χ1v) is 8.15. The number of rotatable bonds is 3. The highest BCUT2D eigenvalue weighted by Crippen LogP contribution is 2.41. The third-order valence-electron chi connectivity index (χ3n) is 4.21. The van der Waals surface area contributed by atoms with Gasteiger partial charge in [-0.25, -0.2) is 4.79 Å². The molecule has 0 fully saturated rings. The van der Waals surface area contributed by atoms with Gasteiger partial charge in [-0.15, -0.1) is 0 Å². The van der Waals surface area contributed by atoms with E-state index in [2.05, 4.69) is 0 Å². The summed E-state index contributed by atoms with van der Waals surface area (Å²) in [5.74, 6) is -1.65. The van der Waals surface area contributed by atoms with E-state index in [1.807, 2.05) is 6.07 Å². The van der Waals surface area contributed by atoms with Crippen molar-refractivity contribution in [2.24, 2.45) is 0 Å². The first-order chi connectivity index (χ1) is 12.7. The molecule has 4 nitrogen and oxygen atoms in total. The zero-order valence-corrected chi connectivity index (χ0v) is 14.4. The molecule has 0 saturated heterocycles. The molecule has 1 aliphatic heterocycles. The van der Waals surface area contributed by atoms with Crippen LogP contribution in [0.3, 0.4) is 0 Å². The van der Waals surface area contributed by atoms with E-state index in [4.69, 9.17) is 16.9 Å². The average Bonchev–Trinajstić information content (AvgIpc) is 2.60. The summed E-state index contributed by atoms with van der Waals surface area (Å²) in [7, 11) is 0. The lowest BCUT2D eigenvalue weighted by Crippen LogP contribution is -2.50. The van der Waals surface area contributed by atoms with E-state index < -0.39 is 23.8 Å². The number of nitriles is 1. The van der Waals surface area contributed by atoms with Crippen LogP contribution >= 0.6 is 11.6 Å². The summed E-state index contributed by atoms with van der Waals surface area (Å²) < 4.78 is 41.3. The van der Waals surface area contributed by atoms with E-state index in [1.165, 1.54) is 30.3 Å². The highest BCUT2D eigenvalue weighted by atomic mass is 35.5. The molecule has 1 heterocycles. The fraction of sp³-hybridized carbons (Fsp3) is 0.158. The number of aliphatic carboxylic acids is 1. The number of benzene rings is 2. The number of anilines is 1. The predicted octanol–water partition coefficient (Wildman–Crippen LogP) is 4.63. The first kappa shape index (κ1) is 18.8. The third kappa shape index (κ3) is 3.76. The number of carboxylic acids is 1. The van der Waals surface area contributed by atoms with Crippen molar-refractivity contribution in [2.45, 2.75) is 18.8 Å². The van der Waals surface area contributed by atoms with E-state index in [0.717, 1.165) is 11.0 Å². The molecule has 0 bridgehead atoms. The summed E-state index contributed by atoms with van der Waals surface area (Å²) in [4.78, 5) is 12.5. The van der Waals surface area contributed by atoms with Crippen molar-refractivity contribution in [1.29, 1.82) is 5.26 Å². The summed E-state index contributed by atoms with van der Waals surface area (Å²) in [5, 5.41) is 18.5. The van der Waals surface area contributed by atoms with Gasteiger partial charge in [-0.2, -0.15) is 18.4 Å². The van der Waals surface area contributed by atoms with Crippen LogP contribution in [-0.4, -0.2) is 23.3 Å². The lowest BCUT2D eigenvalue weighted by atomic mass is 9.94. The van der Waals surface area contributed by atoms with Gasteiger partial charge in [0.1, 0.15) is 0 Å². The van der Waals surface area contributed by atoms with Crippen molar-refractivity contribution < 1.29 is 23.1 Å². The van der Waals surface area contributed by atoms with Crippen molar-refractivity contribution in [3.63, 3.8) is 0 Å². The Morgan fingerprint density at radius 3 is 2.44 bits per heavy atom. The number of hydrogen-bond donors (Lipinski definition) is 1. The van der Waals surface area contributed by atoms with Crippen LogP contribution in [-0.2, 0) is 11.3 Å². The fourth-order valence-electron chi connectivity index (χ4n) is 3.05. The highest BCUT2D eigenvalue weighted by molar-refractivity contribution is 6.30. The van der Waals surface area contributed by atoms with Crippen LogP contribution in [0.1, 0.15) is 16.7 Å². The van der Waals surface area contributed by atoms with Crippen LogP contribution in [0.2, 0.25) is 5.02 Å². The Morgan fingerprint density at radius 2 is 1.89 bits per heavy atom. The normalized spacial score (nSPS) is 16.3. The molecular weight excluding hydrogens is 381 g/mol. The lowest BCUT2D eigenvalue weighted by Gasteiger charge is -2.39. The summed E-state index contributed by atoms with van der Waals surface area (Å²) in [6, 6.07) is 10.0. The van der Waals surface area contributed by atoms with Crippen LogP contribution < -0.4 is 4.90 Å². The minimum atomic E-state index is -4.80. The summed E-state index contributed by atoms with van der Waals surface area (Å²) >= 11 is 5.92. The van der Waals surface area contributed by atoms with Gasteiger partial charge in [-0.05, 0) is 47.5 Å². The molecule has 8 heteroatoms. The molecule has 1 N–H and O–H groups in total. The average molecular weight is 393 g/mol. The molecule has 0 spiro atoms. The fourth-order valence-corrected chi connectivity index (χ4v) is 3.23. The number of nitrogens with zero attached hydrogens (tertiary/aromatic N) is 2. The number of fused-ring (bicyclic) bond motifs is 1. The molecule has 0 amide bonds. The standard InChI is InChI=1S/C19H12ClF3N2O2/c20-14-5-6-16-13(7-14)8-15(18(26)27)17(19(21,22)23)25(16)10-12-3-1-11(9-24)2-4-12/h1-8,17H,10H2,(H,26,27). The molecule has 3 rings (SSSR count). The zero-order valence-electron chi connectivity index (χ0n) is 13.7. The zero-order chi connectivity index (χ0) is 19.8. The van der Waals surface area contributed by atoms with Gasteiger partial charge < -0.3 is 10.0 Å². The SMILES string of the molecule is N#Cc1ccc(CN2c3ccc(Cl)cc3C=C(C(=O)O)C2C(F)(F)F)cc1. The number of hydrogen-bond acceptors (Lipinski definition) is 3. The van der Waals surface area contributed by atoms with Crippen LogP contribution in [0.15, 0.2) is 48.0 Å². The van der Waals surface area contributed by atoms with Crippen molar-refractivity contribution in [2.75, 3.05) is 4.90 Å². The molecule has 1 unspecified atom stereocenters. The number of carbonyl (C=O) groups is 1. The van der Waals surface area contributed by atoms with Gasteiger partial charge in [0.15, 0.2) is 6.04 Å². The topological polar surface area (TPSA) is 64.3 Å². The minimum absolute atomic E-state index is 0.185. The van der Waals surface area contributed by atoms with Gasteiger partial charge in [0.05, 0.1) is 17.2 Å². The van der Waals surface area contributed by atoms with E-state index in [0.29, 0.717) is 21.7 Å². The predicted molar refractivity (Wildman–Crippen MR) is 94.2 cm³/mol. The Kier molecular flexibility index (Phi) is 4.85. The van der Waals surface area contributed by atoms with Crippen LogP contribution in [0.4, 0.5) is 18.9 Å². The second kappa shape index (κ2) is 6.97. The number of carboxylic acid groups (broad SMARTS) is 1. The van der Waals surface area contributed by atoms with Gasteiger partial charge in [0, 0.05) is 17.3 Å². The molecule has 2 aromatic carbocycles. The lowest BCUT2D eigenvalue weighted by molar-refractivity contribution is -0.150. The maximum Gasteiger partial charge on any atom is 0.413 e. The third-order valence-corrected chi connectivity index (χ3v) is 4.44. The van der Waals surface area contributed by atoms with Gasteiger partial charge in [-0.3, -0.25) is 0 Å². The molecule has 0 radical (unpaired) electrons. The van der Waals surface area contributed by atoms with Crippen LogP contribution in [0, 0.1) is 11.3 Å². The molecule has 138 valence electrons. The van der Waals surface area contributed by atoms with Crippen molar-refractivity contribution in [1.82, 2.24) is 0 Å². The Morgan fingerprint density at radius 1 is 1.22 bits per heavy atom. The van der Waals surface area contributed by atoms with E-state index in [1.54, 1.807) is 12.1 Å². The van der Waals surface area contributed by atoms with Crippen molar-refractivity contribution >= 4 is 29.3 Å². The summed E-state index contributed by atoms with van der Waals surface area (Å²) in [5.41, 5.74) is 0.648. The monoisotopic (exact) mass is 392 g/mol.